The molecule has 1 aromatic carbocycles. The Balaban J connectivity index is 2.27. The topological polar surface area (TPSA) is 69.7 Å². The second-order valence-electron chi connectivity index (χ2n) is 4.66. The molecule has 0 aromatic heterocycles. The Kier molecular flexibility index (Phi) is 3.54. The summed E-state index contributed by atoms with van der Waals surface area (Å²) in [5.41, 5.74) is 6.35. The number of hydrogen-bond acceptors (Lipinski definition) is 4. The van der Waals surface area contributed by atoms with Crippen molar-refractivity contribution in [1.29, 1.82) is 0 Å². The predicted octanol–water partition coefficient (Wildman–Crippen LogP) is 1.58. The average Bonchev–Trinajstić information content (AvgIpc) is 2.76. The first-order chi connectivity index (χ1) is 8.15. The van der Waals surface area contributed by atoms with E-state index in [1.54, 1.807) is 18.2 Å². The predicted molar refractivity (Wildman–Crippen MR) is 67.0 cm³/mol. The van der Waals surface area contributed by atoms with Gasteiger partial charge in [-0.1, -0.05) is 6.07 Å². The minimum atomic E-state index is -0.00718. The van der Waals surface area contributed by atoms with Crippen LogP contribution >= 0.6 is 0 Å². The Labute approximate surface area is 102 Å². The van der Waals surface area contributed by atoms with Gasteiger partial charge >= 0.3 is 0 Å². The molecule has 4 nitrogen and oxygen atoms in total. The van der Waals surface area contributed by atoms with E-state index in [9.17, 15) is 10.2 Å². The molecule has 1 saturated heterocycles. The van der Waals surface area contributed by atoms with Gasteiger partial charge in [-0.05, 0) is 38.4 Å². The average molecular weight is 236 g/mol. The Morgan fingerprint density at radius 3 is 2.65 bits per heavy atom. The van der Waals surface area contributed by atoms with Crippen LogP contribution in [0.15, 0.2) is 18.2 Å². The molecule has 4 N–H and O–H groups in total. The van der Waals surface area contributed by atoms with Crippen molar-refractivity contribution < 1.29 is 10.2 Å². The van der Waals surface area contributed by atoms with Crippen LogP contribution in [-0.2, 0) is 0 Å². The van der Waals surface area contributed by atoms with Gasteiger partial charge in [0, 0.05) is 18.6 Å². The lowest BCUT2D eigenvalue weighted by Gasteiger charge is -2.30. The number of nitrogens with zero attached hydrogens (tertiary/aromatic N) is 1. The van der Waals surface area contributed by atoms with E-state index in [0.717, 1.165) is 19.4 Å². The van der Waals surface area contributed by atoms with Gasteiger partial charge < -0.3 is 15.9 Å². The van der Waals surface area contributed by atoms with Crippen molar-refractivity contribution >= 4 is 0 Å². The monoisotopic (exact) mass is 236 g/mol. The minimum Gasteiger partial charge on any atom is -0.507 e. The fraction of sp³-hybridized carbons (Fsp3) is 0.538. The van der Waals surface area contributed by atoms with Crippen LogP contribution in [0.2, 0.25) is 0 Å². The molecule has 1 aliphatic rings. The molecular weight excluding hydrogens is 216 g/mol. The Bertz CT molecular complexity index is 375. The Morgan fingerprint density at radius 2 is 2.06 bits per heavy atom. The van der Waals surface area contributed by atoms with Gasteiger partial charge in [0.05, 0.1) is 5.56 Å². The lowest BCUT2D eigenvalue weighted by Crippen LogP contribution is -2.37. The first-order valence-corrected chi connectivity index (χ1v) is 6.11. The molecule has 1 aliphatic heterocycles. The molecule has 0 radical (unpaired) electrons. The molecule has 0 aliphatic carbocycles. The molecule has 2 rings (SSSR count). The Morgan fingerprint density at radius 1 is 1.41 bits per heavy atom. The van der Waals surface area contributed by atoms with E-state index in [2.05, 4.69) is 4.90 Å². The fourth-order valence-electron chi connectivity index (χ4n) is 2.76. The van der Waals surface area contributed by atoms with E-state index in [0.29, 0.717) is 18.2 Å². The first kappa shape index (κ1) is 12.2. The van der Waals surface area contributed by atoms with Crippen molar-refractivity contribution in [2.75, 3.05) is 13.1 Å². The molecule has 0 bridgehead atoms. The molecule has 17 heavy (non-hydrogen) atoms. The smallest absolute Gasteiger partial charge is 0.124 e. The SMILES string of the molecule is CC(c1c(O)cccc1O)N1CCCC1CN. The zero-order valence-electron chi connectivity index (χ0n) is 10.1. The number of hydrogen-bond donors (Lipinski definition) is 3. The number of likely N-dealkylation sites (tertiary alicyclic amines) is 1. The van der Waals surface area contributed by atoms with Crippen LogP contribution in [0, 0.1) is 0 Å². The summed E-state index contributed by atoms with van der Waals surface area (Å²) in [6.45, 7) is 3.60. The van der Waals surface area contributed by atoms with Gasteiger partial charge in [0.1, 0.15) is 11.5 Å². The zero-order chi connectivity index (χ0) is 12.4. The number of phenolic OH excluding ortho intramolecular Hbond substituents is 2. The summed E-state index contributed by atoms with van der Waals surface area (Å²) in [6.07, 6.45) is 2.22. The first-order valence-electron chi connectivity index (χ1n) is 6.11. The van der Waals surface area contributed by atoms with Crippen LogP contribution in [0.3, 0.4) is 0 Å². The van der Waals surface area contributed by atoms with E-state index in [-0.39, 0.29) is 17.5 Å². The quantitative estimate of drug-likeness (QED) is 0.745. The fourth-order valence-corrected chi connectivity index (χ4v) is 2.76. The molecule has 2 atom stereocenters. The molecule has 0 amide bonds. The molecule has 0 saturated carbocycles. The summed E-state index contributed by atoms with van der Waals surface area (Å²) < 4.78 is 0. The second-order valence-corrected chi connectivity index (χ2v) is 4.66. The van der Waals surface area contributed by atoms with Crippen LogP contribution in [0.4, 0.5) is 0 Å². The standard InChI is InChI=1S/C13H20N2O2/c1-9(15-7-3-4-10(15)8-14)13-11(16)5-2-6-12(13)17/h2,5-6,9-10,16-17H,3-4,7-8,14H2,1H3. The molecule has 94 valence electrons. The third-order valence-corrected chi connectivity index (χ3v) is 3.67. The highest BCUT2D eigenvalue weighted by atomic mass is 16.3. The maximum absolute atomic E-state index is 9.86. The van der Waals surface area contributed by atoms with E-state index < -0.39 is 0 Å². The van der Waals surface area contributed by atoms with Crippen molar-refractivity contribution in [1.82, 2.24) is 4.90 Å². The summed E-state index contributed by atoms with van der Waals surface area (Å²) in [6, 6.07) is 5.21. The summed E-state index contributed by atoms with van der Waals surface area (Å²) in [4.78, 5) is 2.26. The third kappa shape index (κ3) is 2.23. The summed E-state index contributed by atoms with van der Waals surface area (Å²) >= 11 is 0. The Hall–Kier alpha value is -1.26. The molecule has 4 heteroatoms. The molecule has 0 spiro atoms. The summed E-state index contributed by atoms with van der Waals surface area (Å²) in [5.74, 6) is 0.306. The molecular formula is C13H20N2O2. The number of benzene rings is 1. The van der Waals surface area contributed by atoms with Crippen molar-refractivity contribution in [2.45, 2.75) is 31.8 Å². The highest BCUT2D eigenvalue weighted by molar-refractivity contribution is 5.45. The van der Waals surface area contributed by atoms with Crippen molar-refractivity contribution in [2.24, 2.45) is 5.73 Å². The number of nitrogens with two attached hydrogens (primary N) is 1. The summed E-state index contributed by atoms with van der Waals surface area (Å²) in [5, 5.41) is 19.7. The van der Waals surface area contributed by atoms with Crippen LogP contribution in [0.25, 0.3) is 0 Å². The van der Waals surface area contributed by atoms with Gasteiger partial charge in [-0.25, -0.2) is 0 Å². The van der Waals surface area contributed by atoms with Crippen molar-refractivity contribution in [3.63, 3.8) is 0 Å². The van der Waals surface area contributed by atoms with E-state index >= 15 is 0 Å². The highest BCUT2D eigenvalue weighted by Gasteiger charge is 2.30. The van der Waals surface area contributed by atoms with E-state index in [1.165, 1.54) is 0 Å². The van der Waals surface area contributed by atoms with Gasteiger partial charge in [0.15, 0.2) is 0 Å². The number of aromatic hydroxyl groups is 2. The van der Waals surface area contributed by atoms with Crippen molar-refractivity contribution in [3.8, 4) is 11.5 Å². The lowest BCUT2D eigenvalue weighted by atomic mass is 10.0. The van der Waals surface area contributed by atoms with Crippen LogP contribution in [-0.4, -0.2) is 34.2 Å². The van der Waals surface area contributed by atoms with Crippen LogP contribution in [0.5, 0.6) is 11.5 Å². The normalized spacial score (nSPS) is 22.8. The minimum absolute atomic E-state index is 0.00718. The van der Waals surface area contributed by atoms with Crippen LogP contribution in [0.1, 0.15) is 31.4 Å². The van der Waals surface area contributed by atoms with Gasteiger partial charge in [0.25, 0.3) is 0 Å². The number of phenols is 2. The molecule has 2 unspecified atom stereocenters. The second kappa shape index (κ2) is 4.94. The maximum Gasteiger partial charge on any atom is 0.124 e. The van der Waals surface area contributed by atoms with E-state index in [1.807, 2.05) is 6.92 Å². The summed E-state index contributed by atoms with van der Waals surface area (Å²) in [7, 11) is 0. The molecule has 1 fully saturated rings. The number of rotatable bonds is 3. The molecule has 1 aromatic rings. The van der Waals surface area contributed by atoms with Gasteiger partial charge in [0.2, 0.25) is 0 Å². The largest absolute Gasteiger partial charge is 0.507 e. The molecule has 1 heterocycles. The highest BCUT2D eigenvalue weighted by Crippen LogP contribution is 2.38. The van der Waals surface area contributed by atoms with Gasteiger partial charge in [-0.15, -0.1) is 0 Å². The van der Waals surface area contributed by atoms with Crippen molar-refractivity contribution in [3.05, 3.63) is 23.8 Å². The lowest BCUT2D eigenvalue weighted by molar-refractivity contribution is 0.190. The van der Waals surface area contributed by atoms with E-state index in [4.69, 9.17) is 5.73 Å². The van der Waals surface area contributed by atoms with Gasteiger partial charge in [-0.2, -0.15) is 0 Å². The third-order valence-electron chi connectivity index (χ3n) is 3.67. The maximum atomic E-state index is 9.86. The van der Waals surface area contributed by atoms with Crippen LogP contribution < -0.4 is 5.73 Å². The van der Waals surface area contributed by atoms with Gasteiger partial charge in [-0.3, -0.25) is 4.90 Å². The zero-order valence-corrected chi connectivity index (χ0v) is 10.1.